The van der Waals surface area contributed by atoms with Gasteiger partial charge in [-0.15, -0.1) is 17.9 Å². The lowest BCUT2D eigenvalue weighted by Crippen LogP contribution is -2.50. The Morgan fingerprint density at radius 2 is 1.97 bits per heavy atom. The van der Waals surface area contributed by atoms with Crippen LogP contribution in [0.15, 0.2) is 48.4 Å². The zero-order valence-corrected chi connectivity index (χ0v) is 20.9. The molecule has 1 aliphatic rings. The van der Waals surface area contributed by atoms with Crippen LogP contribution in [0.25, 0.3) is 0 Å². The molecule has 3 amide bonds. The molecule has 0 aliphatic carbocycles. The molecule has 6 nitrogen and oxygen atoms in total. The average Bonchev–Trinajstić information content (AvgIpc) is 3.26. The first-order valence-corrected chi connectivity index (χ1v) is 12.4. The van der Waals surface area contributed by atoms with E-state index in [9.17, 15) is 9.59 Å². The van der Waals surface area contributed by atoms with Crippen LogP contribution in [0.3, 0.4) is 0 Å². The first-order chi connectivity index (χ1) is 15.8. The third kappa shape index (κ3) is 6.38. The highest BCUT2D eigenvalue weighted by Crippen LogP contribution is 2.34. The van der Waals surface area contributed by atoms with Crippen LogP contribution in [0.4, 0.5) is 4.79 Å². The minimum absolute atomic E-state index is 0.00360. The van der Waals surface area contributed by atoms with E-state index in [4.69, 9.17) is 4.74 Å². The molecule has 0 unspecified atom stereocenters. The van der Waals surface area contributed by atoms with E-state index in [0.29, 0.717) is 25.6 Å². The molecule has 1 aromatic heterocycles. The second-order valence-electron chi connectivity index (χ2n) is 8.96. The monoisotopic (exact) mass is 469 g/mol. The second-order valence-corrected chi connectivity index (χ2v) is 9.96. The molecule has 1 N–H and O–H groups in total. The number of hydrogen-bond acceptors (Lipinski definition) is 4. The number of fused-ring (bicyclic) bond motifs is 1. The zero-order valence-electron chi connectivity index (χ0n) is 20.0. The summed E-state index contributed by atoms with van der Waals surface area (Å²) >= 11 is 1.72. The van der Waals surface area contributed by atoms with Crippen molar-refractivity contribution in [3.8, 4) is 5.75 Å². The highest BCUT2D eigenvalue weighted by molar-refractivity contribution is 7.10. The highest BCUT2D eigenvalue weighted by Gasteiger charge is 2.33. The molecule has 7 heteroatoms. The first-order valence-electron chi connectivity index (χ1n) is 11.5. The molecular formula is C26H35N3O3S. The molecule has 0 bridgehead atoms. The van der Waals surface area contributed by atoms with Crippen LogP contribution >= 0.6 is 11.3 Å². The maximum absolute atomic E-state index is 13.4. The summed E-state index contributed by atoms with van der Waals surface area (Å²) in [5, 5.41) is 4.94. The molecule has 2 heterocycles. The fourth-order valence-electron chi connectivity index (χ4n) is 3.97. The van der Waals surface area contributed by atoms with E-state index in [-0.39, 0.29) is 30.6 Å². The summed E-state index contributed by atoms with van der Waals surface area (Å²) in [5.41, 5.74) is 2.40. The Hall–Kier alpha value is -2.80. The van der Waals surface area contributed by atoms with Gasteiger partial charge in [0.1, 0.15) is 18.9 Å². The molecule has 0 spiro atoms. The number of thiophene rings is 1. The van der Waals surface area contributed by atoms with Crippen molar-refractivity contribution in [2.45, 2.75) is 52.1 Å². The molecule has 1 aromatic carbocycles. The summed E-state index contributed by atoms with van der Waals surface area (Å²) in [6.07, 6.45) is 2.46. The Labute approximate surface area is 201 Å². The summed E-state index contributed by atoms with van der Waals surface area (Å²) in [5.74, 6) is 1.17. The summed E-state index contributed by atoms with van der Waals surface area (Å²) in [6.45, 7) is 13.2. The van der Waals surface area contributed by atoms with Crippen LogP contribution in [-0.4, -0.2) is 54.0 Å². The third-order valence-corrected chi connectivity index (χ3v) is 6.74. The second kappa shape index (κ2) is 11.4. The number of nitrogens with zero attached hydrogens (tertiary/aromatic N) is 2. The van der Waals surface area contributed by atoms with Crippen LogP contribution in [0, 0.1) is 0 Å². The molecule has 178 valence electrons. The quantitative estimate of drug-likeness (QED) is 0.527. The lowest BCUT2D eigenvalue weighted by Gasteiger charge is -2.37. The van der Waals surface area contributed by atoms with Gasteiger partial charge in [0.25, 0.3) is 0 Å². The SMILES string of the molecule is C=CCN(CC(=O)N1CCc2sccc2[C@@H]1COc1ccc(C(C)C)cc1)C(=O)NC(C)C. The van der Waals surface area contributed by atoms with Crippen molar-refractivity contribution in [1.29, 1.82) is 0 Å². The van der Waals surface area contributed by atoms with E-state index < -0.39 is 0 Å². The molecule has 0 saturated carbocycles. The van der Waals surface area contributed by atoms with E-state index >= 15 is 0 Å². The Morgan fingerprint density at radius 1 is 1.24 bits per heavy atom. The third-order valence-electron chi connectivity index (χ3n) is 5.74. The Balaban J connectivity index is 1.74. The van der Waals surface area contributed by atoms with Crippen molar-refractivity contribution in [3.05, 3.63) is 64.4 Å². The molecular weight excluding hydrogens is 434 g/mol. The number of rotatable bonds is 9. The molecule has 1 atom stereocenters. The molecule has 0 saturated heterocycles. The number of ether oxygens (including phenoxy) is 1. The van der Waals surface area contributed by atoms with E-state index in [0.717, 1.165) is 17.7 Å². The number of benzene rings is 1. The minimum atomic E-state index is -0.260. The van der Waals surface area contributed by atoms with Gasteiger partial charge in [0.15, 0.2) is 0 Å². The van der Waals surface area contributed by atoms with Crippen molar-refractivity contribution in [1.82, 2.24) is 15.1 Å². The van der Waals surface area contributed by atoms with E-state index in [1.54, 1.807) is 17.4 Å². The number of carbonyl (C=O) groups excluding carboxylic acids is 2. The fourth-order valence-corrected chi connectivity index (χ4v) is 4.89. The maximum Gasteiger partial charge on any atom is 0.318 e. The normalized spacial score (nSPS) is 15.3. The van der Waals surface area contributed by atoms with E-state index in [1.165, 1.54) is 15.3 Å². The molecule has 2 aromatic rings. The van der Waals surface area contributed by atoms with Gasteiger partial charge >= 0.3 is 6.03 Å². The van der Waals surface area contributed by atoms with E-state index in [2.05, 4.69) is 49.3 Å². The number of carbonyl (C=O) groups is 2. The van der Waals surface area contributed by atoms with Crippen molar-refractivity contribution in [2.24, 2.45) is 0 Å². The van der Waals surface area contributed by atoms with Gasteiger partial charge in [-0.1, -0.05) is 32.1 Å². The number of urea groups is 1. The van der Waals surface area contributed by atoms with Gasteiger partial charge in [-0.3, -0.25) is 4.79 Å². The lowest BCUT2D eigenvalue weighted by atomic mass is 10.00. The summed E-state index contributed by atoms with van der Waals surface area (Å²) in [4.78, 5) is 30.6. The lowest BCUT2D eigenvalue weighted by molar-refractivity contribution is -0.135. The molecule has 3 rings (SSSR count). The predicted octanol–water partition coefficient (Wildman–Crippen LogP) is 4.98. The van der Waals surface area contributed by atoms with Gasteiger partial charge in [0.05, 0.1) is 6.04 Å². The van der Waals surface area contributed by atoms with Crippen molar-refractivity contribution in [3.63, 3.8) is 0 Å². The van der Waals surface area contributed by atoms with E-state index in [1.807, 2.05) is 30.9 Å². The van der Waals surface area contributed by atoms with Gasteiger partial charge in [0.2, 0.25) is 5.91 Å². The maximum atomic E-state index is 13.4. The largest absolute Gasteiger partial charge is 0.491 e. The first kappa shape index (κ1) is 24.8. The Kier molecular flexibility index (Phi) is 8.55. The van der Waals surface area contributed by atoms with Crippen LogP contribution in [-0.2, 0) is 11.2 Å². The number of hydrogen-bond donors (Lipinski definition) is 1. The van der Waals surface area contributed by atoms with Gasteiger partial charge in [0, 0.05) is 24.0 Å². The fraction of sp³-hybridized carbons (Fsp3) is 0.462. The van der Waals surface area contributed by atoms with Gasteiger partial charge in [-0.05, 0) is 60.9 Å². The van der Waals surface area contributed by atoms with Crippen LogP contribution < -0.4 is 10.1 Å². The average molecular weight is 470 g/mol. The van der Waals surface area contributed by atoms with Gasteiger partial charge in [-0.2, -0.15) is 0 Å². The predicted molar refractivity (Wildman–Crippen MR) is 134 cm³/mol. The Morgan fingerprint density at radius 3 is 2.61 bits per heavy atom. The van der Waals surface area contributed by atoms with Gasteiger partial charge < -0.3 is 19.9 Å². The summed E-state index contributed by atoms with van der Waals surface area (Å²) < 4.78 is 6.14. The summed E-state index contributed by atoms with van der Waals surface area (Å²) in [7, 11) is 0. The highest BCUT2D eigenvalue weighted by atomic mass is 32.1. The van der Waals surface area contributed by atoms with Crippen LogP contribution in [0.5, 0.6) is 5.75 Å². The minimum Gasteiger partial charge on any atom is -0.491 e. The summed E-state index contributed by atoms with van der Waals surface area (Å²) in [6, 6.07) is 9.78. The standard InChI is InChI=1S/C26H35N3O3S/c1-6-13-28(26(31)27-19(4)5)16-25(30)29-14-11-24-22(12-15-33-24)23(29)17-32-21-9-7-20(8-10-21)18(2)3/h6-10,12,15,18-19,23H,1,11,13-14,16-17H2,2-5H3,(H,27,31)/t23-/m0/s1. The smallest absolute Gasteiger partial charge is 0.318 e. The molecule has 1 aliphatic heterocycles. The van der Waals surface area contributed by atoms with Gasteiger partial charge in [-0.25, -0.2) is 4.79 Å². The molecule has 0 fully saturated rings. The number of amides is 3. The topological polar surface area (TPSA) is 61.9 Å². The van der Waals surface area contributed by atoms with Crippen molar-refractivity contribution < 1.29 is 14.3 Å². The molecule has 33 heavy (non-hydrogen) atoms. The molecule has 0 radical (unpaired) electrons. The van der Waals surface area contributed by atoms with Crippen molar-refractivity contribution >= 4 is 23.3 Å². The zero-order chi connectivity index (χ0) is 24.0. The number of nitrogens with one attached hydrogen (secondary N) is 1. The van der Waals surface area contributed by atoms with Crippen LogP contribution in [0.2, 0.25) is 0 Å². The van der Waals surface area contributed by atoms with Crippen molar-refractivity contribution in [2.75, 3.05) is 26.2 Å². The van der Waals surface area contributed by atoms with Crippen LogP contribution in [0.1, 0.15) is 55.7 Å². The Bertz CT molecular complexity index is 952.